The number of aromatic nitrogens is 2. The van der Waals surface area contributed by atoms with Crippen LogP contribution >= 0.6 is 11.6 Å². The third-order valence-electron chi connectivity index (χ3n) is 4.16. The summed E-state index contributed by atoms with van der Waals surface area (Å²) in [5.41, 5.74) is 1.90. The normalized spacial score (nSPS) is 21.4. The first-order valence-electron chi connectivity index (χ1n) is 6.87. The van der Waals surface area contributed by atoms with E-state index in [2.05, 4.69) is 9.88 Å². The fraction of sp³-hybridized carbons (Fsp3) is 0.500. The van der Waals surface area contributed by atoms with Crippen molar-refractivity contribution in [1.29, 1.82) is 0 Å². The predicted molar refractivity (Wildman–Crippen MR) is 84.2 cm³/mol. The Labute approximate surface area is 129 Å². The first-order valence-corrected chi connectivity index (χ1v) is 9.07. The summed E-state index contributed by atoms with van der Waals surface area (Å²) in [5.74, 6) is 1.46. The van der Waals surface area contributed by atoms with Gasteiger partial charge in [0.15, 0.2) is 9.84 Å². The summed E-state index contributed by atoms with van der Waals surface area (Å²) < 4.78 is 25.2. The zero-order valence-corrected chi connectivity index (χ0v) is 13.7. The monoisotopic (exact) mass is 327 g/mol. The molecule has 1 saturated heterocycles. The first kappa shape index (κ1) is 14.8. The van der Waals surface area contributed by atoms with E-state index in [1.165, 1.54) is 0 Å². The van der Waals surface area contributed by atoms with Gasteiger partial charge in [-0.15, -0.1) is 0 Å². The fourth-order valence-corrected chi connectivity index (χ4v) is 4.81. The minimum Gasteiger partial charge on any atom is -0.330 e. The van der Waals surface area contributed by atoms with Crippen LogP contribution in [0.5, 0.6) is 0 Å². The van der Waals surface area contributed by atoms with E-state index in [1.807, 2.05) is 36.9 Å². The van der Waals surface area contributed by atoms with Crippen molar-refractivity contribution in [2.45, 2.75) is 19.0 Å². The fourth-order valence-electron chi connectivity index (χ4n) is 2.84. The van der Waals surface area contributed by atoms with Crippen LogP contribution in [0.25, 0.3) is 11.0 Å². The third-order valence-corrected chi connectivity index (χ3v) is 6.14. The summed E-state index contributed by atoms with van der Waals surface area (Å²) in [4.78, 5) is 6.68. The van der Waals surface area contributed by atoms with Gasteiger partial charge in [0.2, 0.25) is 0 Å². The Kier molecular flexibility index (Phi) is 3.71. The first-order chi connectivity index (χ1) is 9.85. The second kappa shape index (κ2) is 5.26. The molecule has 0 saturated carbocycles. The van der Waals surface area contributed by atoms with E-state index in [0.29, 0.717) is 23.7 Å². The average Bonchev–Trinajstić information content (AvgIpc) is 2.91. The second-order valence-corrected chi connectivity index (χ2v) is 8.36. The SMILES string of the molecule is CN(Cc1nc2cc(Cl)ccc2n1C)[C@H]1CCS(=O)(=O)C1. The van der Waals surface area contributed by atoms with Gasteiger partial charge in [-0.25, -0.2) is 13.4 Å². The van der Waals surface area contributed by atoms with Crippen LogP contribution < -0.4 is 0 Å². The molecule has 114 valence electrons. The van der Waals surface area contributed by atoms with Gasteiger partial charge < -0.3 is 4.57 Å². The van der Waals surface area contributed by atoms with Crippen LogP contribution in [0.15, 0.2) is 18.2 Å². The number of hydrogen-bond acceptors (Lipinski definition) is 4. The van der Waals surface area contributed by atoms with Gasteiger partial charge in [-0.05, 0) is 31.7 Å². The molecular weight excluding hydrogens is 310 g/mol. The number of fused-ring (bicyclic) bond motifs is 1. The molecule has 1 atom stereocenters. The molecule has 0 aliphatic carbocycles. The smallest absolute Gasteiger partial charge is 0.151 e. The summed E-state index contributed by atoms with van der Waals surface area (Å²) in [7, 11) is 1.07. The van der Waals surface area contributed by atoms with Crippen molar-refractivity contribution in [2.75, 3.05) is 18.6 Å². The van der Waals surface area contributed by atoms with Gasteiger partial charge in [0.05, 0.1) is 29.1 Å². The molecule has 2 heterocycles. The largest absolute Gasteiger partial charge is 0.330 e. The van der Waals surface area contributed by atoms with Crippen molar-refractivity contribution in [3.8, 4) is 0 Å². The van der Waals surface area contributed by atoms with E-state index in [4.69, 9.17) is 11.6 Å². The van der Waals surface area contributed by atoms with Crippen LogP contribution in [0.4, 0.5) is 0 Å². The molecule has 0 radical (unpaired) electrons. The van der Waals surface area contributed by atoms with E-state index < -0.39 is 9.84 Å². The zero-order chi connectivity index (χ0) is 15.2. The molecule has 0 amide bonds. The lowest BCUT2D eigenvalue weighted by molar-refractivity contribution is 0.246. The third kappa shape index (κ3) is 2.93. The standard InChI is InChI=1S/C14H18ClN3O2S/c1-17(11-5-6-21(19,20)9-11)8-14-16-12-7-10(15)3-4-13(12)18(14)2/h3-4,7,11H,5-6,8-9H2,1-2H3/t11-/m0/s1. The van der Waals surface area contributed by atoms with E-state index >= 15 is 0 Å². The van der Waals surface area contributed by atoms with Gasteiger partial charge in [-0.3, -0.25) is 4.90 Å². The molecule has 1 fully saturated rings. The highest BCUT2D eigenvalue weighted by Gasteiger charge is 2.31. The minimum absolute atomic E-state index is 0.0819. The average molecular weight is 328 g/mol. The summed E-state index contributed by atoms with van der Waals surface area (Å²) in [5, 5.41) is 0.669. The van der Waals surface area contributed by atoms with Gasteiger partial charge in [-0.1, -0.05) is 11.6 Å². The van der Waals surface area contributed by atoms with Gasteiger partial charge in [0, 0.05) is 18.1 Å². The Hall–Kier alpha value is -1.11. The highest BCUT2D eigenvalue weighted by molar-refractivity contribution is 7.91. The molecular formula is C14H18ClN3O2S. The summed E-state index contributed by atoms with van der Waals surface area (Å²) in [6.07, 6.45) is 0.703. The highest BCUT2D eigenvalue weighted by atomic mass is 35.5. The number of hydrogen-bond donors (Lipinski definition) is 0. The van der Waals surface area contributed by atoms with Crippen LogP contribution in [-0.2, 0) is 23.4 Å². The van der Waals surface area contributed by atoms with E-state index in [-0.39, 0.29) is 11.8 Å². The number of sulfone groups is 1. The van der Waals surface area contributed by atoms with E-state index in [9.17, 15) is 8.42 Å². The lowest BCUT2D eigenvalue weighted by Crippen LogP contribution is -2.32. The number of rotatable bonds is 3. The van der Waals surface area contributed by atoms with Crippen LogP contribution in [0.2, 0.25) is 5.02 Å². The zero-order valence-electron chi connectivity index (χ0n) is 12.1. The number of aryl methyl sites for hydroxylation is 1. The van der Waals surface area contributed by atoms with Crippen molar-refractivity contribution in [3.63, 3.8) is 0 Å². The van der Waals surface area contributed by atoms with E-state index in [0.717, 1.165) is 16.9 Å². The molecule has 3 rings (SSSR count). The number of imidazole rings is 1. The lowest BCUT2D eigenvalue weighted by Gasteiger charge is -2.22. The van der Waals surface area contributed by atoms with Crippen molar-refractivity contribution < 1.29 is 8.42 Å². The van der Waals surface area contributed by atoms with Gasteiger partial charge >= 0.3 is 0 Å². The number of nitrogens with zero attached hydrogens (tertiary/aromatic N) is 3. The molecule has 0 bridgehead atoms. The van der Waals surface area contributed by atoms with Crippen molar-refractivity contribution in [3.05, 3.63) is 29.0 Å². The van der Waals surface area contributed by atoms with Crippen molar-refractivity contribution >= 4 is 32.5 Å². The second-order valence-electron chi connectivity index (χ2n) is 5.69. The number of halogens is 1. The van der Waals surface area contributed by atoms with Gasteiger partial charge in [0.1, 0.15) is 5.82 Å². The molecule has 5 nitrogen and oxygen atoms in total. The van der Waals surface area contributed by atoms with Crippen molar-refractivity contribution in [1.82, 2.24) is 14.5 Å². The molecule has 1 aliphatic rings. The van der Waals surface area contributed by atoms with Gasteiger partial charge in [-0.2, -0.15) is 0 Å². The van der Waals surface area contributed by atoms with E-state index in [1.54, 1.807) is 0 Å². The summed E-state index contributed by atoms with van der Waals surface area (Å²) in [6.45, 7) is 0.628. The van der Waals surface area contributed by atoms with Crippen LogP contribution in [0.1, 0.15) is 12.2 Å². The van der Waals surface area contributed by atoms with Gasteiger partial charge in [0.25, 0.3) is 0 Å². The molecule has 1 aromatic carbocycles. The molecule has 0 N–H and O–H groups in total. The Morgan fingerprint density at radius 1 is 1.48 bits per heavy atom. The van der Waals surface area contributed by atoms with Crippen LogP contribution in [0, 0.1) is 0 Å². The Bertz CT molecular complexity index is 785. The Morgan fingerprint density at radius 2 is 2.24 bits per heavy atom. The summed E-state index contributed by atoms with van der Waals surface area (Å²) >= 11 is 5.99. The number of benzene rings is 1. The minimum atomic E-state index is -2.86. The molecule has 1 aliphatic heterocycles. The maximum Gasteiger partial charge on any atom is 0.151 e. The quantitative estimate of drug-likeness (QED) is 0.863. The van der Waals surface area contributed by atoms with Crippen molar-refractivity contribution in [2.24, 2.45) is 7.05 Å². The van der Waals surface area contributed by atoms with Crippen LogP contribution in [0.3, 0.4) is 0 Å². The van der Waals surface area contributed by atoms with Crippen LogP contribution in [-0.4, -0.2) is 47.5 Å². The summed E-state index contributed by atoms with van der Waals surface area (Å²) in [6, 6.07) is 5.73. The molecule has 7 heteroatoms. The molecule has 1 aromatic heterocycles. The highest BCUT2D eigenvalue weighted by Crippen LogP contribution is 2.22. The maximum atomic E-state index is 11.6. The topological polar surface area (TPSA) is 55.2 Å². The predicted octanol–water partition coefficient (Wildman–Crippen LogP) is 1.85. The Morgan fingerprint density at radius 3 is 2.90 bits per heavy atom. The molecule has 2 aromatic rings. The molecule has 21 heavy (non-hydrogen) atoms. The lowest BCUT2D eigenvalue weighted by atomic mass is 10.2. The maximum absolute atomic E-state index is 11.6. The Balaban J connectivity index is 1.83. The molecule has 0 spiro atoms. The molecule has 0 unspecified atom stereocenters.